The van der Waals surface area contributed by atoms with Gasteiger partial charge in [0.2, 0.25) is 0 Å². The highest BCUT2D eigenvalue weighted by Gasteiger charge is 2.26. The second-order valence-corrected chi connectivity index (χ2v) is 8.38. The number of para-hydroxylation sites is 1. The van der Waals surface area contributed by atoms with Crippen LogP contribution in [0.15, 0.2) is 59.6 Å². The number of rotatable bonds is 7. The van der Waals surface area contributed by atoms with Gasteiger partial charge in [0.15, 0.2) is 0 Å². The zero-order valence-corrected chi connectivity index (χ0v) is 18.0. The first-order chi connectivity index (χ1) is 14.8. The minimum atomic E-state index is -3.93. The van der Waals surface area contributed by atoms with Crippen molar-refractivity contribution in [3.05, 3.63) is 60.3 Å². The summed E-state index contributed by atoms with van der Waals surface area (Å²) in [6.45, 7) is 0. The van der Waals surface area contributed by atoms with Crippen LogP contribution in [0.2, 0.25) is 0 Å². The van der Waals surface area contributed by atoms with Gasteiger partial charge in [-0.2, -0.15) is 0 Å². The van der Waals surface area contributed by atoms with Gasteiger partial charge in [-0.25, -0.2) is 22.0 Å². The number of nitrogens with one attached hydrogen (secondary N) is 1. The van der Waals surface area contributed by atoms with Gasteiger partial charge in [-0.05, 0) is 35.9 Å². The fraction of sp³-hybridized carbons (Fsp3) is 0.238. The maximum atomic E-state index is 13.3. The Balaban J connectivity index is 2.07. The summed E-state index contributed by atoms with van der Waals surface area (Å²) in [5.41, 5.74) is 0.981. The molecule has 164 valence electrons. The number of aromatic nitrogens is 1. The fourth-order valence-electron chi connectivity index (χ4n) is 3.20. The van der Waals surface area contributed by atoms with Crippen LogP contribution in [0.1, 0.15) is 5.56 Å². The first-order valence-corrected chi connectivity index (χ1v) is 10.7. The summed E-state index contributed by atoms with van der Waals surface area (Å²) >= 11 is 0. The summed E-state index contributed by atoms with van der Waals surface area (Å²) in [7, 11) is -0.0531. The molecule has 0 saturated heterocycles. The van der Waals surface area contributed by atoms with Crippen LogP contribution in [-0.4, -0.2) is 51.8 Å². The van der Waals surface area contributed by atoms with Crippen molar-refractivity contribution in [2.75, 3.05) is 21.3 Å². The number of benzene rings is 2. The van der Waals surface area contributed by atoms with Gasteiger partial charge in [0.1, 0.15) is 11.8 Å². The zero-order valence-electron chi connectivity index (χ0n) is 17.2. The van der Waals surface area contributed by atoms with Crippen molar-refractivity contribution >= 4 is 33.0 Å². The topological polar surface area (TPSA) is 113 Å². The van der Waals surface area contributed by atoms with Gasteiger partial charge < -0.3 is 19.5 Å². The maximum Gasteiger partial charge on any atom is 0.407 e. The van der Waals surface area contributed by atoms with E-state index in [1.54, 1.807) is 36.4 Å². The molecule has 9 nitrogen and oxygen atoms in total. The molecule has 1 atom stereocenters. The smallest absolute Gasteiger partial charge is 0.407 e. The lowest BCUT2D eigenvalue weighted by Gasteiger charge is -2.15. The van der Waals surface area contributed by atoms with Crippen LogP contribution in [0.5, 0.6) is 5.75 Å². The molecule has 10 heteroatoms. The Morgan fingerprint density at radius 1 is 1.00 bits per heavy atom. The average Bonchev–Trinajstić information content (AvgIpc) is 3.17. The Morgan fingerprint density at radius 2 is 1.68 bits per heavy atom. The number of hydrogen-bond acceptors (Lipinski definition) is 7. The maximum absolute atomic E-state index is 13.3. The lowest BCUT2D eigenvalue weighted by atomic mass is 10.1. The van der Waals surface area contributed by atoms with Crippen molar-refractivity contribution in [3.63, 3.8) is 0 Å². The molecular weight excluding hydrogens is 424 g/mol. The Hall–Kier alpha value is -3.53. The molecule has 0 unspecified atom stereocenters. The second-order valence-electron chi connectivity index (χ2n) is 6.56. The molecule has 0 aliphatic heterocycles. The van der Waals surface area contributed by atoms with Crippen molar-refractivity contribution in [3.8, 4) is 5.75 Å². The predicted molar refractivity (Wildman–Crippen MR) is 113 cm³/mol. The minimum Gasteiger partial charge on any atom is -0.497 e. The standard InChI is InChI=1S/C21H22N2O7S/c1-28-15-8-10-16(11-9-15)31(26,27)23-13-14(17-6-4-5-7-19(17)23)12-18(20(24)29-2)22-21(25)30-3/h4-11,13,18H,12H2,1-3H3,(H,22,25)/t18-/m0/s1. The lowest BCUT2D eigenvalue weighted by Crippen LogP contribution is -2.43. The monoisotopic (exact) mass is 446 g/mol. The molecule has 1 heterocycles. The third kappa shape index (κ3) is 4.48. The Morgan fingerprint density at radius 3 is 2.29 bits per heavy atom. The molecule has 31 heavy (non-hydrogen) atoms. The molecule has 0 saturated carbocycles. The summed E-state index contributed by atoms with van der Waals surface area (Å²) in [5, 5.41) is 3.04. The Labute approximate surface area is 179 Å². The third-order valence-electron chi connectivity index (χ3n) is 4.76. The molecule has 0 radical (unpaired) electrons. The second kappa shape index (κ2) is 9.09. The first kappa shape index (κ1) is 22.2. The highest BCUT2D eigenvalue weighted by Crippen LogP contribution is 2.28. The third-order valence-corrected chi connectivity index (χ3v) is 6.45. The molecule has 1 N–H and O–H groups in total. The molecular formula is C21H22N2O7S. The molecule has 3 rings (SSSR count). The van der Waals surface area contributed by atoms with E-state index in [4.69, 9.17) is 9.47 Å². The van der Waals surface area contributed by atoms with Crippen LogP contribution in [0.25, 0.3) is 10.9 Å². The normalized spacial score (nSPS) is 12.2. The average molecular weight is 446 g/mol. The van der Waals surface area contributed by atoms with Crippen LogP contribution in [0, 0.1) is 0 Å². The minimum absolute atomic E-state index is 0.00736. The summed E-state index contributed by atoms with van der Waals surface area (Å²) in [5.74, 6) is -0.146. The first-order valence-electron chi connectivity index (χ1n) is 9.22. The van der Waals surface area contributed by atoms with Crippen molar-refractivity contribution in [1.29, 1.82) is 0 Å². The van der Waals surface area contributed by atoms with E-state index in [0.29, 0.717) is 22.2 Å². The number of fused-ring (bicyclic) bond motifs is 1. The number of amides is 1. The van der Waals surface area contributed by atoms with Crippen LogP contribution in [0.4, 0.5) is 4.79 Å². The van der Waals surface area contributed by atoms with E-state index in [-0.39, 0.29) is 11.3 Å². The highest BCUT2D eigenvalue weighted by atomic mass is 32.2. The van der Waals surface area contributed by atoms with Crippen molar-refractivity contribution in [1.82, 2.24) is 9.29 Å². The van der Waals surface area contributed by atoms with Gasteiger partial charge >= 0.3 is 12.1 Å². The summed E-state index contributed by atoms with van der Waals surface area (Å²) in [6.07, 6.45) is 0.650. The molecule has 0 aliphatic carbocycles. The number of ether oxygens (including phenoxy) is 3. The van der Waals surface area contributed by atoms with Crippen LogP contribution in [-0.2, 0) is 30.7 Å². The lowest BCUT2D eigenvalue weighted by molar-refractivity contribution is -0.142. The number of methoxy groups -OCH3 is 3. The molecule has 0 bridgehead atoms. The highest BCUT2D eigenvalue weighted by molar-refractivity contribution is 7.90. The number of nitrogens with zero attached hydrogens (tertiary/aromatic N) is 1. The van der Waals surface area contributed by atoms with Gasteiger partial charge in [-0.3, -0.25) is 0 Å². The number of hydrogen-bond donors (Lipinski definition) is 1. The number of carbonyl (C=O) groups excluding carboxylic acids is 2. The Bertz CT molecular complexity index is 1200. The van der Waals surface area contributed by atoms with Gasteiger partial charge in [0.05, 0.1) is 31.7 Å². The predicted octanol–water partition coefficient (Wildman–Crippen LogP) is 2.33. The summed E-state index contributed by atoms with van der Waals surface area (Å²) in [6, 6.07) is 11.9. The number of esters is 1. The SMILES string of the molecule is COC(=O)N[C@@H](Cc1cn(S(=O)(=O)c2ccc(OC)cc2)c2ccccc12)C(=O)OC. The molecule has 2 aromatic carbocycles. The molecule has 3 aromatic rings. The largest absolute Gasteiger partial charge is 0.497 e. The fourth-order valence-corrected chi connectivity index (χ4v) is 4.59. The van der Waals surface area contributed by atoms with Crippen molar-refractivity contribution < 1.29 is 32.2 Å². The van der Waals surface area contributed by atoms with E-state index in [1.807, 2.05) is 0 Å². The van der Waals surface area contributed by atoms with Crippen molar-refractivity contribution in [2.45, 2.75) is 17.4 Å². The van der Waals surface area contributed by atoms with Gasteiger partial charge in [0, 0.05) is 18.0 Å². The van der Waals surface area contributed by atoms with Gasteiger partial charge in [0.25, 0.3) is 10.0 Å². The van der Waals surface area contributed by atoms with E-state index >= 15 is 0 Å². The van der Waals surface area contributed by atoms with E-state index in [2.05, 4.69) is 10.1 Å². The molecule has 1 amide bonds. The van der Waals surface area contributed by atoms with E-state index in [9.17, 15) is 18.0 Å². The van der Waals surface area contributed by atoms with Crippen LogP contribution >= 0.6 is 0 Å². The zero-order chi connectivity index (χ0) is 22.6. The molecule has 0 spiro atoms. The van der Waals surface area contributed by atoms with Crippen LogP contribution in [0.3, 0.4) is 0 Å². The Kier molecular flexibility index (Phi) is 6.50. The van der Waals surface area contributed by atoms with E-state index < -0.39 is 28.1 Å². The quantitative estimate of drug-likeness (QED) is 0.554. The molecule has 0 aliphatic rings. The van der Waals surface area contributed by atoms with Gasteiger partial charge in [-0.1, -0.05) is 18.2 Å². The number of carbonyl (C=O) groups is 2. The van der Waals surface area contributed by atoms with E-state index in [0.717, 1.165) is 3.97 Å². The van der Waals surface area contributed by atoms with E-state index in [1.165, 1.54) is 39.7 Å². The molecule has 1 aromatic heterocycles. The summed E-state index contributed by atoms with van der Waals surface area (Å²) in [4.78, 5) is 23.9. The van der Waals surface area contributed by atoms with Crippen LogP contribution < -0.4 is 10.1 Å². The molecule has 0 fully saturated rings. The van der Waals surface area contributed by atoms with Gasteiger partial charge in [-0.15, -0.1) is 0 Å². The van der Waals surface area contributed by atoms with Crippen molar-refractivity contribution in [2.24, 2.45) is 0 Å². The summed E-state index contributed by atoms with van der Waals surface area (Å²) < 4.78 is 42.2. The number of alkyl carbamates (subject to hydrolysis) is 1.